The van der Waals surface area contributed by atoms with E-state index in [4.69, 9.17) is 0 Å². The van der Waals surface area contributed by atoms with E-state index < -0.39 is 29.7 Å². The lowest BCUT2D eigenvalue weighted by Crippen LogP contribution is -2.48. The van der Waals surface area contributed by atoms with Gasteiger partial charge in [-0.15, -0.1) is 0 Å². The van der Waals surface area contributed by atoms with Crippen LogP contribution in [-0.2, 0) is 9.59 Å². The highest BCUT2D eigenvalue weighted by atomic mass is 16.4. The molecule has 2 rings (SSSR count). The minimum atomic E-state index is -1.29. The van der Waals surface area contributed by atoms with Gasteiger partial charge in [-0.25, -0.2) is 0 Å². The monoisotopic (exact) mass is 289 g/mol. The van der Waals surface area contributed by atoms with Gasteiger partial charge in [0.15, 0.2) is 0 Å². The largest absolute Gasteiger partial charge is 0.550 e. The van der Waals surface area contributed by atoms with Crippen molar-refractivity contribution >= 4 is 23.7 Å². The fraction of sp³-hybridized carbons (Fsp3) is 0.286. The third kappa shape index (κ3) is 2.76. The Kier molecular flexibility index (Phi) is 4.02. The molecule has 1 atom stereocenters. The molecule has 110 valence electrons. The maximum absolute atomic E-state index is 12.2. The molecule has 7 nitrogen and oxygen atoms in total. The number of rotatable bonds is 5. The summed E-state index contributed by atoms with van der Waals surface area (Å²) >= 11 is 0. The van der Waals surface area contributed by atoms with Crippen molar-refractivity contribution in [1.82, 2.24) is 10.2 Å². The van der Waals surface area contributed by atoms with Crippen LogP contribution in [-0.4, -0.2) is 41.2 Å². The van der Waals surface area contributed by atoms with Crippen LogP contribution in [0, 0.1) is 0 Å². The molecule has 1 aliphatic rings. The number of carbonyl (C=O) groups is 4. The summed E-state index contributed by atoms with van der Waals surface area (Å²) in [6.07, 6.45) is -0.333. The van der Waals surface area contributed by atoms with E-state index in [1.807, 2.05) is 0 Å². The molecular formula is C14H13N2O5-. The van der Waals surface area contributed by atoms with Gasteiger partial charge in [-0.2, -0.15) is 0 Å². The number of carbonyl (C=O) groups excluding carboxylic acids is 4. The van der Waals surface area contributed by atoms with Crippen molar-refractivity contribution in [3.05, 3.63) is 35.4 Å². The number of nitrogens with one attached hydrogen (secondary N) is 1. The summed E-state index contributed by atoms with van der Waals surface area (Å²) in [5.74, 6) is -2.94. The van der Waals surface area contributed by atoms with Crippen LogP contribution in [0.5, 0.6) is 0 Å². The Morgan fingerprint density at radius 1 is 1.19 bits per heavy atom. The van der Waals surface area contributed by atoms with E-state index in [1.165, 1.54) is 19.1 Å². The highest BCUT2D eigenvalue weighted by Gasteiger charge is 2.40. The lowest BCUT2D eigenvalue weighted by atomic mass is 10.1. The number of nitrogens with zero attached hydrogens (tertiary/aromatic N) is 1. The maximum Gasteiger partial charge on any atom is 0.262 e. The SMILES string of the molecule is CC(C(=O)NCCC(=O)[O-])N1C(=O)c2ccccc2C1=O. The van der Waals surface area contributed by atoms with E-state index in [0.29, 0.717) is 0 Å². The van der Waals surface area contributed by atoms with Crippen LogP contribution in [0.1, 0.15) is 34.1 Å². The average Bonchev–Trinajstić information content (AvgIpc) is 2.70. The lowest BCUT2D eigenvalue weighted by molar-refractivity contribution is -0.305. The summed E-state index contributed by atoms with van der Waals surface area (Å²) in [4.78, 5) is 47.3. The van der Waals surface area contributed by atoms with Crippen molar-refractivity contribution < 1.29 is 24.3 Å². The molecule has 3 amide bonds. The van der Waals surface area contributed by atoms with Crippen molar-refractivity contribution in [2.24, 2.45) is 0 Å². The fourth-order valence-corrected chi connectivity index (χ4v) is 2.11. The van der Waals surface area contributed by atoms with E-state index in [9.17, 15) is 24.3 Å². The molecule has 1 N–H and O–H groups in total. The normalized spacial score (nSPS) is 14.8. The van der Waals surface area contributed by atoms with Crippen molar-refractivity contribution in [1.29, 1.82) is 0 Å². The quantitative estimate of drug-likeness (QED) is 0.694. The predicted octanol–water partition coefficient (Wildman–Crippen LogP) is -1.07. The molecular weight excluding hydrogens is 276 g/mol. The Labute approximate surface area is 120 Å². The summed E-state index contributed by atoms with van der Waals surface area (Å²) in [7, 11) is 0. The Hall–Kier alpha value is -2.70. The van der Waals surface area contributed by atoms with E-state index in [2.05, 4.69) is 5.32 Å². The number of hydrogen-bond acceptors (Lipinski definition) is 5. The van der Waals surface area contributed by atoms with E-state index in [1.54, 1.807) is 12.1 Å². The number of benzene rings is 1. The van der Waals surface area contributed by atoms with Crippen molar-refractivity contribution in [3.63, 3.8) is 0 Å². The maximum atomic E-state index is 12.2. The molecule has 1 aliphatic heterocycles. The molecule has 0 radical (unpaired) electrons. The van der Waals surface area contributed by atoms with Gasteiger partial charge in [0.2, 0.25) is 5.91 Å². The number of amides is 3. The molecule has 0 saturated heterocycles. The van der Waals surface area contributed by atoms with Crippen LogP contribution in [0.3, 0.4) is 0 Å². The van der Waals surface area contributed by atoms with Gasteiger partial charge in [0.05, 0.1) is 11.1 Å². The highest BCUT2D eigenvalue weighted by molar-refractivity contribution is 6.22. The third-order valence-corrected chi connectivity index (χ3v) is 3.22. The molecule has 0 aromatic heterocycles. The van der Waals surface area contributed by atoms with E-state index in [-0.39, 0.29) is 24.1 Å². The van der Waals surface area contributed by atoms with Crippen LogP contribution >= 0.6 is 0 Å². The second kappa shape index (κ2) is 5.74. The third-order valence-electron chi connectivity index (χ3n) is 3.22. The average molecular weight is 289 g/mol. The lowest BCUT2D eigenvalue weighted by Gasteiger charge is -2.21. The van der Waals surface area contributed by atoms with Crippen LogP contribution in [0.25, 0.3) is 0 Å². The second-order valence-corrected chi connectivity index (χ2v) is 4.61. The topological polar surface area (TPSA) is 107 Å². The number of hydrogen-bond donors (Lipinski definition) is 1. The summed E-state index contributed by atoms with van der Waals surface area (Å²) in [5, 5.41) is 12.6. The van der Waals surface area contributed by atoms with Gasteiger partial charge >= 0.3 is 0 Å². The van der Waals surface area contributed by atoms with Crippen molar-refractivity contribution in [3.8, 4) is 0 Å². The van der Waals surface area contributed by atoms with Gasteiger partial charge in [0.1, 0.15) is 6.04 Å². The van der Waals surface area contributed by atoms with Gasteiger partial charge < -0.3 is 15.2 Å². The van der Waals surface area contributed by atoms with Crippen LogP contribution in [0.4, 0.5) is 0 Å². The van der Waals surface area contributed by atoms with Crippen LogP contribution in [0.2, 0.25) is 0 Å². The molecule has 0 aliphatic carbocycles. The Balaban J connectivity index is 2.09. The number of imide groups is 1. The Bertz CT molecular complexity index is 591. The van der Waals surface area contributed by atoms with Crippen LogP contribution < -0.4 is 10.4 Å². The number of carboxylic acid groups (broad SMARTS) is 1. The summed E-state index contributed by atoms with van der Waals surface area (Å²) < 4.78 is 0. The van der Waals surface area contributed by atoms with Gasteiger partial charge in [-0.1, -0.05) is 12.1 Å². The molecule has 0 fully saturated rings. The van der Waals surface area contributed by atoms with E-state index in [0.717, 1.165) is 4.90 Å². The van der Waals surface area contributed by atoms with Gasteiger partial charge in [-0.3, -0.25) is 19.3 Å². The van der Waals surface area contributed by atoms with E-state index >= 15 is 0 Å². The first-order valence-electron chi connectivity index (χ1n) is 6.38. The number of carboxylic acids is 1. The fourth-order valence-electron chi connectivity index (χ4n) is 2.11. The van der Waals surface area contributed by atoms with Crippen molar-refractivity contribution in [2.75, 3.05) is 6.54 Å². The zero-order valence-electron chi connectivity index (χ0n) is 11.3. The zero-order chi connectivity index (χ0) is 15.6. The molecule has 0 saturated carbocycles. The molecule has 1 aromatic rings. The summed E-state index contributed by atoms with van der Waals surface area (Å²) in [6, 6.07) is 5.31. The summed E-state index contributed by atoms with van der Waals surface area (Å²) in [5.41, 5.74) is 0.522. The second-order valence-electron chi connectivity index (χ2n) is 4.61. The van der Waals surface area contributed by atoms with Crippen molar-refractivity contribution in [2.45, 2.75) is 19.4 Å². The van der Waals surface area contributed by atoms with Gasteiger partial charge in [0, 0.05) is 18.9 Å². The number of fused-ring (bicyclic) bond motifs is 1. The number of aliphatic carboxylic acids is 1. The molecule has 21 heavy (non-hydrogen) atoms. The van der Waals surface area contributed by atoms with Crippen LogP contribution in [0.15, 0.2) is 24.3 Å². The zero-order valence-corrected chi connectivity index (χ0v) is 11.3. The van der Waals surface area contributed by atoms with Gasteiger partial charge in [0.25, 0.3) is 11.8 Å². The minimum absolute atomic E-state index is 0.116. The first kappa shape index (κ1) is 14.7. The first-order chi connectivity index (χ1) is 9.93. The molecule has 0 bridgehead atoms. The molecule has 1 unspecified atom stereocenters. The molecule has 0 spiro atoms. The predicted molar refractivity (Wildman–Crippen MR) is 69.0 cm³/mol. The Morgan fingerprint density at radius 3 is 2.19 bits per heavy atom. The minimum Gasteiger partial charge on any atom is -0.550 e. The molecule has 1 aromatic carbocycles. The first-order valence-corrected chi connectivity index (χ1v) is 6.38. The van der Waals surface area contributed by atoms with Gasteiger partial charge in [-0.05, 0) is 19.1 Å². The smallest absolute Gasteiger partial charge is 0.262 e. The molecule has 1 heterocycles. The highest BCUT2D eigenvalue weighted by Crippen LogP contribution is 2.24. The molecule has 7 heteroatoms. The standard InChI is InChI=1S/C14H14N2O5/c1-8(12(19)15-7-6-11(17)18)16-13(20)9-4-2-3-5-10(9)14(16)21/h2-5,8H,6-7H2,1H3,(H,15,19)(H,17,18)/p-1. The Morgan fingerprint density at radius 2 is 1.71 bits per heavy atom. The summed E-state index contributed by atoms with van der Waals surface area (Å²) in [6.45, 7) is 1.30.